The first-order chi connectivity index (χ1) is 11.8. The summed E-state index contributed by atoms with van der Waals surface area (Å²) in [7, 11) is -4.09. The lowest BCUT2D eigenvalue weighted by atomic mass is 10.1. The molecular weight excluding hydrogens is 346 g/mol. The van der Waals surface area contributed by atoms with Crippen LogP contribution in [-0.4, -0.2) is 19.9 Å². The Morgan fingerprint density at radius 1 is 1.16 bits per heavy atom. The summed E-state index contributed by atoms with van der Waals surface area (Å²) in [6.07, 6.45) is 0. The summed E-state index contributed by atoms with van der Waals surface area (Å²) in [6.45, 7) is 3.43. The van der Waals surface area contributed by atoms with Crippen molar-refractivity contribution < 1.29 is 18.1 Å². The van der Waals surface area contributed by atoms with E-state index in [0.717, 1.165) is 17.2 Å². The van der Waals surface area contributed by atoms with Crippen LogP contribution in [0.4, 0.5) is 11.4 Å². The number of ether oxygens (including phenoxy) is 1. The molecule has 0 saturated heterocycles. The van der Waals surface area contributed by atoms with Crippen molar-refractivity contribution in [3.8, 4) is 0 Å². The Kier molecular flexibility index (Phi) is 6.07. The fourth-order valence-corrected chi connectivity index (χ4v) is 2.91. The number of primary sulfonamides is 1. The highest BCUT2D eigenvalue weighted by Crippen LogP contribution is 2.26. The maximum atomic E-state index is 11.7. The van der Waals surface area contributed by atoms with Gasteiger partial charge in [0.1, 0.15) is 4.90 Å². The fraction of sp³-hybridized carbons (Fsp3) is 0.250. The fourth-order valence-electron chi connectivity index (χ4n) is 2.18. The summed E-state index contributed by atoms with van der Waals surface area (Å²) in [5, 5.41) is 18.9. The number of sulfonamides is 1. The SMILES string of the molecule is CCOCc1ccc(CNc2ccc([N+](=O)[O-])cc2S(N)(=O)=O)cc1. The third-order valence-corrected chi connectivity index (χ3v) is 4.41. The van der Waals surface area contributed by atoms with Gasteiger partial charge >= 0.3 is 0 Å². The third-order valence-electron chi connectivity index (χ3n) is 3.46. The number of nitrogens with one attached hydrogen (secondary N) is 1. The molecular formula is C16H19N3O5S. The maximum Gasteiger partial charge on any atom is 0.270 e. The number of nitro benzene ring substituents is 1. The molecule has 0 heterocycles. The van der Waals surface area contributed by atoms with Crippen molar-refractivity contribution >= 4 is 21.4 Å². The number of rotatable bonds is 8. The first kappa shape index (κ1) is 18.8. The lowest BCUT2D eigenvalue weighted by molar-refractivity contribution is -0.385. The Morgan fingerprint density at radius 2 is 1.80 bits per heavy atom. The van der Waals surface area contributed by atoms with Gasteiger partial charge in [-0.25, -0.2) is 13.6 Å². The van der Waals surface area contributed by atoms with E-state index in [1.807, 2.05) is 31.2 Å². The van der Waals surface area contributed by atoms with E-state index in [0.29, 0.717) is 19.8 Å². The molecule has 0 spiro atoms. The molecule has 2 aromatic rings. The van der Waals surface area contributed by atoms with Crippen molar-refractivity contribution in [1.29, 1.82) is 0 Å². The first-order valence-corrected chi connectivity index (χ1v) is 9.06. The van der Waals surface area contributed by atoms with E-state index in [2.05, 4.69) is 5.32 Å². The highest BCUT2D eigenvalue weighted by Gasteiger charge is 2.18. The summed E-state index contributed by atoms with van der Waals surface area (Å²) in [5.74, 6) is 0. The van der Waals surface area contributed by atoms with Crippen LogP contribution in [0.3, 0.4) is 0 Å². The summed E-state index contributed by atoms with van der Waals surface area (Å²) < 4.78 is 28.7. The molecule has 0 fully saturated rings. The van der Waals surface area contributed by atoms with Crippen molar-refractivity contribution in [2.45, 2.75) is 25.0 Å². The quantitative estimate of drug-likeness (QED) is 0.547. The van der Waals surface area contributed by atoms with E-state index in [1.165, 1.54) is 12.1 Å². The Hall–Kier alpha value is -2.49. The normalized spacial score (nSPS) is 11.3. The monoisotopic (exact) mass is 365 g/mol. The number of non-ortho nitro benzene ring substituents is 1. The minimum Gasteiger partial charge on any atom is -0.380 e. The van der Waals surface area contributed by atoms with E-state index in [9.17, 15) is 18.5 Å². The van der Waals surface area contributed by atoms with Crippen molar-refractivity contribution in [3.05, 3.63) is 63.7 Å². The number of benzene rings is 2. The van der Waals surface area contributed by atoms with Crippen molar-refractivity contribution in [2.75, 3.05) is 11.9 Å². The van der Waals surface area contributed by atoms with Gasteiger partial charge in [-0.3, -0.25) is 10.1 Å². The van der Waals surface area contributed by atoms with Gasteiger partial charge < -0.3 is 10.1 Å². The molecule has 0 bridgehead atoms. The Bertz CT molecular complexity index is 851. The zero-order valence-electron chi connectivity index (χ0n) is 13.6. The van der Waals surface area contributed by atoms with Crippen molar-refractivity contribution in [3.63, 3.8) is 0 Å². The molecule has 3 N–H and O–H groups in total. The largest absolute Gasteiger partial charge is 0.380 e. The Morgan fingerprint density at radius 3 is 2.36 bits per heavy atom. The van der Waals surface area contributed by atoms with E-state index in [4.69, 9.17) is 9.88 Å². The average molecular weight is 365 g/mol. The van der Waals surface area contributed by atoms with Crippen LogP contribution in [0, 0.1) is 10.1 Å². The molecule has 0 aliphatic carbocycles. The maximum absolute atomic E-state index is 11.7. The van der Waals surface area contributed by atoms with Crippen LogP contribution in [-0.2, 0) is 27.9 Å². The molecule has 134 valence electrons. The highest BCUT2D eigenvalue weighted by molar-refractivity contribution is 7.89. The molecule has 0 aliphatic rings. The van der Waals surface area contributed by atoms with E-state index >= 15 is 0 Å². The van der Waals surface area contributed by atoms with Gasteiger partial charge in [0.25, 0.3) is 5.69 Å². The Labute approximate surface area is 145 Å². The Balaban J connectivity index is 2.16. The van der Waals surface area contributed by atoms with Crippen LogP contribution in [0.25, 0.3) is 0 Å². The number of hydrogen-bond acceptors (Lipinski definition) is 6. The molecule has 0 amide bonds. The number of nitro groups is 1. The second-order valence-electron chi connectivity index (χ2n) is 5.29. The van der Waals surface area contributed by atoms with Gasteiger partial charge in [-0.1, -0.05) is 24.3 Å². The number of nitrogens with two attached hydrogens (primary N) is 1. The second-order valence-corrected chi connectivity index (χ2v) is 6.82. The summed E-state index contributed by atoms with van der Waals surface area (Å²) >= 11 is 0. The van der Waals surface area contributed by atoms with E-state index in [-0.39, 0.29) is 16.3 Å². The van der Waals surface area contributed by atoms with Crippen LogP contribution in [0.1, 0.15) is 18.1 Å². The van der Waals surface area contributed by atoms with Gasteiger partial charge in [0, 0.05) is 25.3 Å². The summed E-state index contributed by atoms with van der Waals surface area (Å²) in [4.78, 5) is 9.84. The van der Waals surface area contributed by atoms with E-state index in [1.54, 1.807) is 0 Å². The van der Waals surface area contributed by atoms with Crippen LogP contribution in [0.15, 0.2) is 47.4 Å². The minimum atomic E-state index is -4.09. The molecule has 0 unspecified atom stereocenters. The predicted octanol–water partition coefficient (Wildman–Crippen LogP) is 2.39. The van der Waals surface area contributed by atoms with Gasteiger partial charge in [-0.15, -0.1) is 0 Å². The van der Waals surface area contributed by atoms with Crippen LogP contribution >= 0.6 is 0 Å². The van der Waals surface area contributed by atoms with Gasteiger partial charge in [0.15, 0.2) is 0 Å². The smallest absolute Gasteiger partial charge is 0.270 e. The lowest BCUT2D eigenvalue weighted by Gasteiger charge is -2.11. The molecule has 0 radical (unpaired) electrons. The third kappa shape index (κ3) is 5.24. The molecule has 0 aromatic heterocycles. The van der Waals surface area contributed by atoms with Crippen LogP contribution in [0.5, 0.6) is 0 Å². The van der Waals surface area contributed by atoms with Crippen molar-refractivity contribution in [1.82, 2.24) is 0 Å². The molecule has 25 heavy (non-hydrogen) atoms. The van der Waals surface area contributed by atoms with Gasteiger partial charge in [-0.05, 0) is 24.1 Å². The average Bonchev–Trinajstić information content (AvgIpc) is 2.58. The molecule has 2 aromatic carbocycles. The topological polar surface area (TPSA) is 125 Å². The highest BCUT2D eigenvalue weighted by atomic mass is 32.2. The lowest BCUT2D eigenvalue weighted by Crippen LogP contribution is -2.15. The number of anilines is 1. The minimum absolute atomic E-state index is 0.214. The van der Waals surface area contributed by atoms with Crippen molar-refractivity contribution in [2.24, 2.45) is 5.14 Å². The molecule has 9 heteroatoms. The van der Waals surface area contributed by atoms with Crippen LogP contribution in [0.2, 0.25) is 0 Å². The van der Waals surface area contributed by atoms with Gasteiger partial charge in [0.05, 0.1) is 17.2 Å². The molecule has 2 rings (SSSR count). The second kappa shape index (κ2) is 8.06. The summed E-state index contributed by atoms with van der Waals surface area (Å²) in [6, 6.07) is 11.1. The van der Waals surface area contributed by atoms with E-state index < -0.39 is 14.9 Å². The first-order valence-electron chi connectivity index (χ1n) is 7.52. The predicted molar refractivity (Wildman–Crippen MR) is 93.6 cm³/mol. The molecule has 0 saturated carbocycles. The number of nitrogens with zero attached hydrogens (tertiary/aromatic N) is 1. The zero-order chi connectivity index (χ0) is 18.4. The molecule has 0 atom stereocenters. The number of hydrogen-bond donors (Lipinski definition) is 2. The van der Waals surface area contributed by atoms with Gasteiger partial charge in [0.2, 0.25) is 10.0 Å². The standard InChI is InChI=1S/C16H19N3O5S/c1-2-24-11-13-5-3-12(4-6-13)10-18-15-8-7-14(19(20)21)9-16(15)25(17,22)23/h3-9,18H,2,10-11H2,1H3,(H2,17,22,23). The van der Waals surface area contributed by atoms with Crippen LogP contribution < -0.4 is 10.5 Å². The zero-order valence-corrected chi connectivity index (χ0v) is 14.5. The van der Waals surface area contributed by atoms with Gasteiger partial charge in [-0.2, -0.15) is 0 Å². The molecule has 8 nitrogen and oxygen atoms in total. The summed E-state index contributed by atoms with van der Waals surface area (Å²) in [5.41, 5.74) is 1.83. The molecule has 0 aliphatic heterocycles.